The molecule has 0 aromatic rings. The zero-order valence-electron chi connectivity index (χ0n) is 9.22. The molecule has 1 amide bonds. The van der Waals surface area contributed by atoms with Crippen LogP contribution in [0.1, 0.15) is 26.7 Å². The van der Waals surface area contributed by atoms with Crippen LogP contribution in [0.2, 0.25) is 0 Å². The minimum atomic E-state index is -2.81. The molecule has 88 valence electrons. The molecule has 1 aliphatic rings. The third-order valence-electron chi connectivity index (χ3n) is 2.60. The predicted molar refractivity (Wildman–Crippen MR) is 53.9 cm³/mol. The molecular weight excluding hydrogens is 202 g/mol. The average molecular weight is 220 g/mol. The molecule has 0 spiro atoms. The first-order valence-corrected chi connectivity index (χ1v) is 5.26. The first kappa shape index (κ1) is 12.4. The number of nitrogens with zero attached hydrogens (tertiary/aromatic N) is 1. The normalized spacial score (nSPS) is 18.9. The zero-order valence-corrected chi connectivity index (χ0v) is 9.22. The summed E-state index contributed by atoms with van der Waals surface area (Å²) in [5.41, 5.74) is 0. The Hall–Kier alpha value is -0.710. The molecule has 3 nitrogen and oxygen atoms in total. The number of halogens is 2. The number of piperidine rings is 1. The smallest absolute Gasteiger partial charge is 0.262 e. The summed E-state index contributed by atoms with van der Waals surface area (Å²) in [5.74, 6) is -3.07. The predicted octanol–water partition coefficient (Wildman–Crippen LogP) is 1.24. The van der Waals surface area contributed by atoms with Gasteiger partial charge in [0.2, 0.25) is 5.91 Å². The fourth-order valence-corrected chi connectivity index (χ4v) is 1.92. The fraction of sp³-hybridized carbons (Fsp3) is 0.900. The Kier molecular flexibility index (Phi) is 4.02. The van der Waals surface area contributed by atoms with Gasteiger partial charge in [0.05, 0.1) is 6.54 Å². The van der Waals surface area contributed by atoms with E-state index in [1.807, 2.05) is 0 Å². The molecule has 0 saturated carbocycles. The lowest BCUT2D eigenvalue weighted by Gasteiger charge is -2.35. The Morgan fingerprint density at radius 2 is 2.00 bits per heavy atom. The number of amides is 1. The van der Waals surface area contributed by atoms with Crippen LogP contribution < -0.4 is 5.32 Å². The monoisotopic (exact) mass is 220 g/mol. The van der Waals surface area contributed by atoms with Gasteiger partial charge in [-0.15, -0.1) is 0 Å². The van der Waals surface area contributed by atoms with Gasteiger partial charge in [-0.2, -0.15) is 0 Å². The molecular formula is C10H18F2N2O. The van der Waals surface area contributed by atoms with E-state index < -0.39 is 12.5 Å². The molecule has 1 fully saturated rings. The Labute approximate surface area is 88.8 Å². The van der Waals surface area contributed by atoms with Crippen LogP contribution in [0.15, 0.2) is 0 Å². The van der Waals surface area contributed by atoms with Gasteiger partial charge in [0.15, 0.2) is 0 Å². The molecule has 0 unspecified atom stereocenters. The number of alkyl halides is 2. The van der Waals surface area contributed by atoms with Crippen LogP contribution in [0.25, 0.3) is 0 Å². The molecule has 0 aromatic carbocycles. The average Bonchev–Trinajstić information content (AvgIpc) is 2.14. The molecule has 0 aliphatic carbocycles. The van der Waals surface area contributed by atoms with E-state index in [4.69, 9.17) is 0 Å². The van der Waals surface area contributed by atoms with Crippen LogP contribution in [-0.2, 0) is 4.79 Å². The summed E-state index contributed by atoms with van der Waals surface area (Å²) in [7, 11) is 0. The highest BCUT2D eigenvalue weighted by Gasteiger charge is 2.31. The molecule has 5 heteroatoms. The van der Waals surface area contributed by atoms with Crippen molar-refractivity contribution in [2.24, 2.45) is 0 Å². The topological polar surface area (TPSA) is 32.3 Å². The lowest BCUT2D eigenvalue weighted by Crippen LogP contribution is -2.49. The number of carbonyl (C=O) groups is 1. The highest BCUT2D eigenvalue weighted by atomic mass is 19.3. The Morgan fingerprint density at radius 1 is 1.47 bits per heavy atom. The number of rotatable bonds is 3. The van der Waals surface area contributed by atoms with E-state index >= 15 is 0 Å². The summed E-state index contributed by atoms with van der Waals surface area (Å²) in [6, 6.07) is -0.0328. The van der Waals surface area contributed by atoms with Crippen LogP contribution >= 0.6 is 0 Å². The highest BCUT2D eigenvalue weighted by Crippen LogP contribution is 2.19. The van der Waals surface area contributed by atoms with Crippen LogP contribution in [0.5, 0.6) is 0 Å². The Morgan fingerprint density at radius 3 is 2.40 bits per heavy atom. The Bertz CT molecular complexity index is 222. The van der Waals surface area contributed by atoms with Gasteiger partial charge in [-0.05, 0) is 25.9 Å². The van der Waals surface area contributed by atoms with Gasteiger partial charge in [0.25, 0.3) is 5.92 Å². The molecule has 1 N–H and O–H groups in total. The van der Waals surface area contributed by atoms with Gasteiger partial charge < -0.3 is 10.2 Å². The molecule has 1 heterocycles. The van der Waals surface area contributed by atoms with Gasteiger partial charge in [0, 0.05) is 19.9 Å². The van der Waals surface area contributed by atoms with Crippen molar-refractivity contribution in [3.8, 4) is 0 Å². The third-order valence-corrected chi connectivity index (χ3v) is 2.60. The van der Waals surface area contributed by atoms with Gasteiger partial charge in [-0.25, -0.2) is 8.78 Å². The summed E-state index contributed by atoms with van der Waals surface area (Å²) in [4.78, 5) is 12.6. The summed E-state index contributed by atoms with van der Waals surface area (Å²) in [6.07, 6.45) is 1.52. The molecule has 15 heavy (non-hydrogen) atoms. The molecule has 0 atom stereocenters. The standard InChI is InChI=1S/C10H18F2N2O/c1-8(15)14(7-10(2,11)12)9-3-5-13-6-4-9/h9,13H,3-7H2,1-2H3. The van der Waals surface area contributed by atoms with Gasteiger partial charge >= 0.3 is 0 Å². The minimum Gasteiger partial charge on any atom is -0.334 e. The lowest BCUT2D eigenvalue weighted by molar-refractivity contribution is -0.137. The molecule has 1 rings (SSSR count). The van der Waals surface area contributed by atoms with Crippen molar-refractivity contribution >= 4 is 5.91 Å². The summed E-state index contributed by atoms with van der Waals surface area (Å²) in [5, 5.41) is 3.15. The van der Waals surface area contributed by atoms with Crippen molar-refractivity contribution in [1.29, 1.82) is 0 Å². The first-order chi connectivity index (χ1) is 6.90. The highest BCUT2D eigenvalue weighted by molar-refractivity contribution is 5.73. The quantitative estimate of drug-likeness (QED) is 0.776. The van der Waals surface area contributed by atoms with E-state index in [0.29, 0.717) is 0 Å². The SMILES string of the molecule is CC(=O)N(CC(C)(F)F)C1CCNCC1. The number of hydrogen-bond acceptors (Lipinski definition) is 2. The van der Waals surface area contributed by atoms with Crippen LogP contribution in [0.3, 0.4) is 0 Å². The van der Waals surface area contributed by atoms with Crippen LogP contribution in [0.4, 0.5) is 8.78 Å². The second-order valence-corrected chi connectivity index (χ2v) is 4.20. The van der Waals surface area contributed by atoms with Gasteiger partial charge in [-0.1, -0.05) is 0 Å². The van der Waals surface area contributed by atoms with E-state index in [1.165, 1.54) is 11.8 Å². The van der Waals surface area contributed by atoms with Crippen molar-refractivity contribution in [3.63, 3.8) is 0 Å². The maximum absolute atomic E-state index is 12.9. The second-order valence-electron chi connectivity index (χ2n) is 4.20. The van der Waals surface area contributed by atoms with Crippen molar-refractivity contribution in [3.05, 3.63) is 0 Å². The van der Waals surface area contributed by atoms with Crippen molar-refractivity contribution in [1.82, 2.24) is 10.2 Å². The van der Waals surface area contributed by atoms with Crippen molar-refractivity contribution < 1.29 is 13.6 Å². The largest absolute Gasteiger partial charge is 0.334 e. The molecule has 1 saturated heterocycles. The van der Waals surface area contributed by atoms with E-state index in [-0.39, 0.29) is 11.9 Å². The van der Waals surface area contributed by atoms with Crippen molar-refractivity contribution in [2.75, 3.05) is 19.6 Å². The van der Waals surface area contributed by atoms with Gasteiger partial charge in [-0.3, -0.25) is 4.79 Å². The van der Waals surface area contributed by atoms with Gasteiger partial charge in [0.1, 0.15) is 0 Å². The first-order valence-electron chi connectivity index (χ1n) is 5.26. The second kappa shape index (κ2) is 4.88. The maximum Gasteiger partial charge on any atom is 0.262 e. The van der Waals surface area contributed by atoms with Crippen LogP contribution in [-0.4, -0.2) is 42.4 Å². The summed E-state index contributed by atoms with van der Waals surface area (Å²) in [6.45, 7) is 3.33. The number of nitrogens with one attached hydrogen (secondary N) is 1. The molecule has 1 aliphatic heterocycles. The maximum atomic E-state index is 12.9. The van der Waals surface area contributed by atoms with E-state index in [0.717, 1.165) is 32.9 Å². The summed E-state index contributed by atoms with van der Waals surface area (Å²) < 4.78 is 25.8. The van der Waals surface area contributed by atoms with Crippen molar-refractivity contribution in [2.45, 2.75) is 38.7 Å². The van der Waals surface area contributed by atoms with E-state index in [1.54, 1.807) is 0 Å². The van der Waals surface area contributed by atoms with Crippen LogP contribution in [0, 0.1) is 0 Å². The van der Waals surface area contributed by atoms with E-state index in [2.05, 4.69) is 5.32 Å². The molecule has 0 radical (unpaired) electrons. The minimum absolute atomic E-state index is 0.0328. The molecule has 0 aromatic heterocycles. The zero-order chi connectivity index (χ0) is 11.5. The fourth-order valence-electron chi connectivity index (χ4n) is 1.92. The third kappa shape index (κ3) is 4.11. The molecule has 0 bridgehead atoms. The number of carbonyl (C=O) groups excluding carboxylic acids is 1. The Balaban J connectivity index is 2.60. The van der Waals surface area contributed by atoms with E-state index in [9.17, 15) is 13.6 Å². The number of hydrogen-bond donors (Lipinski definition) is 1. The summed E-state index contributed by atoms with van der Waals surface area (Å²) >= 11 is 0. The lowest BCUT2D eigenvalue weighted by atomic mass is 10.0.